The van der Waals surface area contributed by atoms with Crippen molar-refractivity contribution < 1.29 is 17.2 Å². The molecular weight excluding hydrogens is 296 g/mol. The van der Waals surface area contributed by atoms with Crippen LogP contribution < -0.4 is 5.73 Å². The first-order valence-electron chi connectivity index (χ1n) is 7.15. The minimum atomic E-state index is -3.06. The number of nitrogens with two attached hydrogens (primary N) is 1. The average molecular weight is 317 g/mol. The van der Waals surface area contributed by atoms with Gasteiger partial charge in [0.1, 0.15) is 21.5 Å². The van der Waals surface area contributed by atoms with Gasteiger partial charge < -0.3 is 5.73 Å². The highest BCUT2D eigenvalue weighted by molar-refractivity contribution is 7.91. The first kappa shape index (κ1) is 16.4. The van der Waals surface area contributed by atoms with Gasteiger partial charge in [-0.05, 0) is 43.2 Å². The second-order valence-corrected chi connectivity index (χ2v) is 8.31. The standard InChI is InChI=1S/C15H21F2NO2S/c1-21(19,20)13-4-2-3-11(7-13)15(18)8-10-5-6-12(16)9-14(10)17/h5-6,9,11,13,15H,2-4,7-8,18H2,1H3. The number of hydrogen-bond acceptors (Lipinski definition) is 3. The van der Waals surface area contributed by atoms with E-state index in [4.69, 9.17) is 5.73 Å². The van der Waals surface area contributed by atoms with Crippen LogP contribution in [0.4, 0.5) is 8.78 Å². The van der Waals surface area contributed by atoms with Crippen molar-refractivity contribution in [2.75, 3.05) is 6.26 Å². The van der Waals surface area contributed by atoms with Crippen molar-refractivity contribution in [3.05, 3.63) is 35.4 Å². The third kappa shape index (κ3) is 4.23. The molecule has 3 unspecified atom stereocenters. The van der Waals surface area contributed by atoms with Crippen molar-refractivity contribution in [1.82, 2.24) is 0 Å². The van der Waals surface area contributed by atoms with Gasteiger partial charge in [-0.15, -0.1) is 0 Å². The summed E-state index contributed by atoms with van der Waals surface area (Å²) >= 11 is 0. The van der Waals surface area contributed by atoms with Crippen LogP contribution in [-0.4, -0.2) is 26.0 Å². The first-order valence-corrected chi connectivity index (χ1v) is 9.11. The molecule has 0 radical (unpaired) electrons. The van der Waals surface area contributed by atoms with Crippen LogP contribution in [0.3, 0.4) is 0 Å². The molecule has 1 saturated carbocycles. The summed E-state index contributed by atoms with van der Waals surface area (Å²) in [5.74, 6) is -1.15. The Morgan fingerprint density at radius 1 is 1.33 bits per heavy atom. The molecule has 0 aliphatic heterocycles. The van der Waals surface area contributed by atoms with Gasteiger partial charge in [0.05, 0.1) is 5.25 Å². The average Bonchev–Trinajstić information content (AvgIpc) is 2.41. The molecule has 1 aliphatic rings. The lowest BCUT2D eigenvalue weighted by atomic mass is 9.81. The first-order chi connectivity index (χ1) is 9.77. The van der Waals surface area contributed by atoms with Gasteiger partial charge in [0.2, 0.25) is 0 Å². The Kier molecular flexibility index (Phi) is 4.99. The predicted octanol–water partition coefficient (Wildman–Crippen LogP) is 2.44. The van der Waals surface area contributed by atoms with Crippen LogP contribution in [0, 0.1) is 17.6 Å². The van der Waals surface area contributed by atoms with E-state index in [-0.39, 0.29) is 17.2 Å². The van der Waals surface area contributed by atoms with Gasteiger partial charge in [0.15, 0.2) is 0 Å². The highest BCUT2D eigenvalue weighted by Crippen LogP contribution is 2.31. The van der Waals surface area contributed by atoms with Crippen molar-refractivity contribution in [3.63, 3.8) is 0 Å². The molecule has 0 saturated heterocycles. The Morgan fingerprint density at radius 2 is 2.05 bits per heavy atom. The summed E-state index contributed by atoms with van der Waals surface area (Å²) in [5.41, 5.74) is 6.52. The Hall–Kier alpha value is -1.01. The van der Waals surface area contributed by atoms with Gasteiger partial charge in [-0.1, -0.05) is 12.5 Å². The number of benzene rings is 1. The summed E-state index contributed by atoms with van der Waals surface area (Å²) in [7, 11) is -3.06. The fraction of sp³-hybridized carbons (Fsp3) is 0.600. The van der Waals surface area contributed by atoms with E-state index in [1.165, 1.54) is 18.4 Å². The van der Waals surface area contributed by atoms with E-state index in [0.29, 0.717) is 24.8 Å². The van der Waals surface area contributed by atoms with Crippen LogP contribution in [0.25, 0.3) is 0 Å². The Labute approximate surface area is 124 Å². The SMILES string of the molecule is CS(=O)(=O)C1CCCC(C(N)Cc2ccc(F)cc2F)C1. The van der Waals surface area contributed by atoms with Crippen LogP contribution in [0.15, 0.2) is 18.2 Å². The topological polar surface area (TPSA) is 60.2 Å². The molecule has 0 aromatic heterocycles. The predicted molar refractivity (Wildman–Crippen MR) is 78.6 cm³/mol. The number of hydrogen-bond donors (Lipinski definition) is 1. The normalized spacial score (nSPS) is 24.8. The van der Waals surface area contributed by atoms with E-state index in [1.807, 2.05) is 0 Å². The molecule has 1 aliphatic carbocycles. The van der Waals surface area contributed by atoms with Gasteiger partial charge >= 0.3 is 0 Å². The van der Waals surface area contributed by atoms with Gasteiger partial charge in [-0.2, -0.15) is 0 Å². The van der Waals surface area contributed by atoms with Crippen LogP contribution in [0.5, 0.6) is 0 Å². The molecule has 118 valence electrons. The number of rotatable bonds is 4. The van der Waals surface area contributed by atoms with E-state index in [2.05, 4.69) is 0 Å². The lowest BCUT2D eigenvalue weighted by molar-refractivity contribution is 0.302. The van der Waals surface area contributed by atoms with Crippen LogP contribution >= 0.6 is 0 Å². The molecule has 0 heterocycles. The minimum Gasteiger partial charge on any atom is -0.327 e. The molecule has 0 bridgehead atoms. The lowest BCUT2D eigenvalue weighted by Gasteiger charge is -2.32. The second-order valence-electron chi connectivity index (χ2n) is 5.98. The molecule has 1 fully saturated rings. The third-order valence-electron chi connectivity index (χ3n) is 4.35. The summed E-state index contributed by atoms with van der Waals surface area (Å²) in [6.45, 7) is 0. The molecule has 2 rings (SSSR count). The van der Waals surface area contributed by atoms with E-state index >= 15 is 0 Å². The fourth-order valence-electron chi connectivity index (χ4n) is 3.07. The second kappa shape index (κ2) is 6.40. The molecular formula is C15H21F2NO2S. The smallest absolute Gasteiger partial charge is 0.150 e. The minimum absolute atomic E-state index is 0.0583. The fourth-order valence-corrected chi connectivity index (χ4v) is 4.26. The summed E-state index contributed by atoms with van der Waals surface area (Å²) in [6.07, 6.45) is 4.44. The maximum absolute atomic E-state index is 13.7. The summed E-state index contributed by atoms with van der Waals surface area (Å²) < 4.78 is 49.9. The monoisotopic (exact) mass is 317 g/mol. The van der Waals surface area contributed by atoms with Crippen molar-refractivity contribution in [2.24, 2.45) is 11.7 Å². The lowest BCUT2D eigenvalue weighted by Crippen LogP contribution is -2.39. The molecule has 1 aromatic rings. The molecule has 0 spiro atoms. The van der Waals surface area contributed by atoms with Crippen LogP contribution in [-0.2, 0) is 16.3 Å². The van der Waals surface area contributed by atoms with E-state index < -0.39 is 21.5 Å². The zero-order valence-corrected chi connectivity index (χ0v) is 12.9. The molecule has 6 heteroatoms. The summed E-state index contributed by atoms with van der Waals surface area (Å²) in [5, 5.41) is -0.347. The number of sulfone groups is 1. The van der Waals surface area contributed by atoms with Crippen LogP contribution in [0.2, 0.25) is 0 Å². The number of halogens is 2. The van der Waals surface area contributed by atoms with Gasteiger partial charge in [-0.3, -0.25) is 0 Å². The maximum atomic E-state index is 13.7. The van der Waals surface area contributed by atoms with Crippen molar-refractivity contribution in [1.29, 1.82) is 0 Å². The van der Waals surface area contributed by atoms with Crippen molar-refractivity contribution in [3.8, 4) is 0 Å². The highest BCUT2D eigenvalue weighted by atomic mass is 32.2. The molecule has 3 atom stereocenters. The van der Waals surface area contributed by atoms with Crippen LogP contribution in [0.1, 0.15) is 31.2 Å². The largest absolute Gasteiger partial charge is 0.327 e. The summed E-state index contributed by atoms with van der Waals surface area (Å²) in [4.78, 5) is 0. The molecule has 1 aromatic carbocycles. The summed E-state index contributed by atoms with van der Waals surface area (Å²) in [6, 6.07) is 3.16. The molecule has 3 nitrogen and oxygen atoms in total. The van der Waals surface area contributed by atoms with E-state index in [0.717, 1.165) is 18.9 Å². The molecule has 0 amide bonds. The Bertz CT molecular complexity index is 604. The molecule has 2 N–H and O–H groups in total. The van der Waals surface area contributed by atoms with Crippen molar-refractivity contribution in [2.45, 2.75) is 43.4 Å². The Morgan fingerprint density at radius 3 is 2.67 bits per heavy atom. The third-order valence-corrected chi connectivity index (χ3v) is 5.99. The highest BCUT2D eigenvalue weighted by Gasteiger charge is 2.32. The Balaban J connectivity index is 2.04. The zero-order valence-electron chi connectivity index (χ0n) is 12.1. The van der Waals surface area contributed by atoms with Gasteiger partial charge in [0.25, 0.3) is 0 Å². The van der Waals surface area contributed by atoms with Gasteiger partial charge in [-0.25, -0.2) is 17.2 Å². The van der Waals surface area contributed by atoms with Gasteiger partial charge in [0, 0.05) is 18.4 Å². The zero-order chi connectivity index (χ0) is 15.6. The van der Waals surface area contributed by atoms with Crippen molar-refractivity contribution >= 4 is 9.84 Å². The quantitative estimate of drug-likeness (QED) is 0.928. The maximum Gasteiger partial charge on any atom is 0.150 e. The molecule has 21 heavy (non-hydrogen) atoms. The van der Waals surface area contributed by atoms with E-state index in [1.54, 1.807) is 0 Å². The van der Waals surface area contributed by atoms with E-state index in [9.17, 15) is 17.2 Å².